The van der Waals surface area contributed by atoms with Crippen LogP contribution in [0.15, 0.2) is 48.9 Å². The van der Waals surface area contributed by atoms with Crippen LogP contribution in [0.4, 0.5) is 0 Å². The number of hydrogen-bond donors (Lipinski definition) is 1. The molecule has 0 aliphatic heterocycles. The van der Waals surface area contributed by atoms with Crippen molar-refractivity contribution in [1.82, 2.24) is 14.5 Å². The average Bonchev–Trinajstić information content (AvgIpc) is 2.89. The second-order valence-electron chi connectivity index (χ2n) is 3.56. The van der Waals surface area contributed by atoms with Crippen molar-refractivity contribution in [1.29, 1.82) is 0 Å². The summed E-state index contributed by atoms with van der Waals surface area (Å²) in [6.07, 6.45) is 3.82. The number of imidazole rings is 1. The lowest BCUT2D eigenvalue weighted by Gasteiger charge is -2.01. The van der Waals surface area contributed by atoms with Gasteiger partial charge in [0.1, 0.15) is 0 Å². The molecular formula is C12H11N3. The van der Waals surface area contributed by atoms with Gasteiger partial charge in [0.25, 0.3) is 0 Å². The Morgan fingerprint density at radius 3 is 2.93 bits per heavy atom. The summed E-state index contributed by atoms with van der Waals surface area (Å²) in [5.74, 6) is 0. The molecule has 3 rings (SSSR count). The van der Waals surface area contributed by atoms with Crippen molar-refractivity contribution in [2.75, 3.05) is 0 Å². The molecule has 0 amide bonds. The predicted molar refractivity (Wildman–Crippen MR) is 59.6 cm³/mol. The molecule has 1 aromatic carbocycles. The first-order valence-corrected chi connectivity index (χ1v) is 4.95. The van der Waals surface area contributed by atoms with Crippen LogP contribution in [0.3, 0.4) is 0 Å². The molecule has 0 unspecified atom stereocenters. The quantitative estimate of drug-likeness (QED) is 0.672. The second kappa shape index (κ2) is 3.28. The predicted octanol–water partition coefficient (Wildman–Crippen LogP) is 2.41. The van der Waals surface area contributed by atoms with E-state index in [-0.39, 0.29) is 0 Å². The van der Waals surface area contributed by atoms with Crippen molar-refractivity contribution in [2.45, 2.75) is 6.54 Å². The number of para-hydroxylation sites is 2. The molecule has 1 N–H and O–H groups in total. The van der Waals surface area contributed by atoms with Gasteiger partial charge in [0, 0.05) is 11.9 Å². The summed E-state index contributed by atoms with van der Waals surface area (Å²) in [5, 5.41) is 0. The lowest BCUT2D eigenvalue weighted by Crippen LogP contribution is -1.97. The van der Waals surface area contributed by atoms with Gasteiger partial charge in [0.2, 0.25) is 0 Å². The average molecular weight is 197 g/mol. The molecule has 0 aliphatic carbocycles. The highest BCUT2D eigenvalue weighted by atomic mass is 15.0. The van der Waals surface area contributed by atoms with Crippen molar-refractivity contribution >= 4 is 11.0 Å². The molecule has 3 aromatic rings. The van der Waals surface area contributed by atoms with E-state index < -0.39 is 0 Å². The van der Waals surface area contributed by atoms with Gasteiger partial charge in [-0.25, -0.2) is 4.98 Å². The van der Waals surface area contributed by atoms with Crippen LogP contribution in [0.25, 0.3) is 11.0 Å². The molecule has 0 saturated heterocycles. The molecule has 2 heterocycles. The van der Waals surface area contributed by atoms with Crippen molar-refractivity contribution in [3.8, 4) is 0 Å². The van der Waals surface area contributed by atoms with Crippen LogP contribution in [0.2, 0.25) is 0 Å². The number of benzene rings is 1. The van der Waals surface area contributed by atoms with E-state index in [0.717, 1.165) is 12.1 Å². The van der Waals surface area contributed by atoms with E-state index in [9.17, 15) is 0 Å². The van der Waals surface area contributed by atoms with Crippen LogP contribution >= 0.6 is 0 Å². The number of nitrogens with one attached hydrogen (secondary N) is 1. The molecule has 15 heavy (non-hydrogen) atoms. The fourth-order valence-corrected chi connectivity index (χ4v) is 1.79. The Kier molecular flexibility index (Phi) is 1.81. The first kappa shape index (κ1) is 8.29. The maximum atomic E-state index is 4.35. The van der Waals surface area contributed by atoms with E-state index >= 15 is 0 Å². The molecule has 0 radical (unpaired) electrons. The van der Waals surface area contributed by atoms with Gasteiger partial charge in [0.15, 0.2) is 0 Å². The maximum absolute atomic E-state index is 4.35. The monoisotopic (exact) mass is 197 g/mol. The third-order valence-corrected chi connectivity index (χ3v) is 2.53. The summed E-state index contributed by atoms with van der Waals surface area (Å²) >= 11 is 0. The molecule has 0 fully saturated rings. The van der Waals surface area contributed by atoms with Gasteiger partial charge < -0.3 is 9.55 Å². The number of aromatic nitrogens is 3. The molecule has 3 nitrogen and oxygen atoms in total. The van der Waals surface area contributed by atoms with E-state index in [1.54, 1.807) is 0 Å². The fraction of sp³-hybridized carbons (Fsp3) is 0.0833. The lowest BCUT2D eigenvalue weighted by atomic mass is 10.3. The number of nitrogens with zero attached hydrogens (tertiary/aromatic N) is 2. The van der Waals surface area contributed by atoms with Crippen LogP contribution in [0.1, 0.15) is 5.69 Å². The third-order valence-electron chi connectivity index (χ3n) is 2.53. The zero-order valence-electron chi connectivity index (χ0n) is 8.22. The van der Waals surface area contributed by atoms with Gasteiger partial charge in [0.05, 0.1) is 23.9 Å². The highest BCUT2D eigenvalue weighted by molar-refractivity contribution is 5.74. The summed E-state index contributed by atoms with van der Waals surface area (Å²) in [5.41, 5.74) is 3.41. The van der Waals surface area contributed by atoms with Crippen LogP contribution in [-0.2, 0) is 6.54 Å². The van der Waals surface area contributed by atoms with Crippen LogP contribution in [0, 0.1) is 0 Å². The molecule has 0 spiro atoms. The van der Waals surface area contributed by atoms with Crippen LogP contribution < -0.4 is 0 Å². The molecule has 74 valence electrons. The van der Waals surface area contributed by atoms with E-state index in [4.69, 9.17) is 0 Å². The van der Waals surface area contributed by atoms with E-state index in [1.165, 1.54) is 11.2 Å². The smallest absolute Gasteiger partial charge is 0.0962 e. The highest BCUT2D eigenvalue weighted by Crippen LogP contribution is 2.12. The molecule has 3 heteroatoms. The van der Waals surface area contributed by atoms with E-state index in [0.29, 0.717) is 0 Å². The van der Waals surface area contributed by atoms with Gasteiger partial charge in [-0.05, 0) is 24.3 Å². The van der Waals surface area contributed by atoms with Gasteiger partial charge in [-0.2, -0.15) is 0 Å². The summed E-state index contributed by atoms with van der Waals surface area (Å²) in [6, 6.07) is 12.2. The number of H-pyrrole nitrogens is 1. The minimum atomic E-state index is 0.841. The Hall–Kier alpha value is -2.03. The number of hydrogen-bond acceptors (Lipinski definition) is 1. The SMILES string of the molecule is c1c[nH]c(Cn2cnc3ccccc32)c1. The first-order valence-electron chi connectivity index (χ1n) is 4.95. The van der Waals surface area contributed by atoms with Crippen molar-refractivity contribution in [3.05, 3.63) is 54.6 Å². The lowest BCUT2D eigenvalue weighted by molar-refractivity contribution is 0.803. The third kappa shape index (κ3) is 1.42. The maximum Gasteiger partial charge on any atom is 0.0962 e. The zero-order chi connectivity index (χ0) is 10.1. The van der Waals surface area contributed by atoms with Gasteiger partial charge in [-0.3, -0.25) is 0 Å². The van der Waals surface area contributed by atoms with Crippen LogP contribution in [-0.4, -0.2) is 14.5 Å². The molecule has 0 atom stereocenters. The fourth-order valence-electron chi connectivity index (χ4n) is 1.79. The summed E-state index contributed by atoms with van der Waals surface area (Å²) in [7, 11) is 0. The topological polar surface area (TPSA) is 33.6 Å². The Morgan fingerprint density at radius 2 is 2.07 bits per heavy atom. The molecule has 0 bridgehead atoms. The molecular weight excluding hydrogens is 186 g/mol. The summed E-state index contributed by atoms with van der Waals surface area (Å²) in [4.78, 5) is 7.54. The minimum Gasteiger partial charge on any atom is -0.364 e. The van der Waals surface area contributed by atoms with E-state index in [2.05, 4.69) is 26.7 Å². The van der Waals surface area contributed by atoms with E-state index in [1.807, 2.05) is 36.8 Å². The largest absolute Gasteiger partial charge is 0.364 e. The summed E-state index contributed by atoms with van der Waals surface area (Å²) in [6.45, 7) is 0.841. The van der Waals surface area contributed by atoms with Crippen molar-refractivity contribution in [2.24, 2.45) is 0 Å². The highest BCUT2D eigenvalue weighted by Gasteiger charge is 2.01. The zero-order valence-corrected chi connectivity index (χ0v) is 8.22. The summed E-state index contributed by atoms with van der Waals surface area (Å²) < 4.78 is 2.14. The second-order valence-corrected chi connectivity index (χ2v) is 3.56. The number of aromatic amines is 1. The van der Waals surface area contributed by atoms with Gasteiger partial charge in [-0.1, -0.05) is 12.1 Å². The van der Waals surface area contributed by atoms with Crippen molar-refractivity contribution < 1.29 is 0 Å². The Morgan fingerprint density at radius 1 is 1.13 bits per heavy atom. The molecule has 0 aliphatic rings. The Bertz CT molecular complexity index is 563. The number of rotatable bonds is 2. The standard InChI is InChI=1S/C12H11N3/c1-2-6-12-11(5-1)14-9-15(12)8-10-4-3-7-13-10/h1-7,9,13H,8H2. The molecule has 2 aromatic heterocycles. The van der Waals surface area contributed by atoms with Gasteiger partial charge >= 0.3 is 0 Å². The van der Waals surface area contributed by atoms with Gasteiger partial charge in [-0.15, -0.1) is 0 Å². The first-order chi connectivity index (χ1) is 7.43. The normalized spacial score (nSPS) is 10.9. The molecule has 0 saturated carbocycles. The van der Waals surface area contributed by atoms with Crippen molar-refractivity contribution in [3.63, 3.8) is 0 Å². The van der Waals surface area contributed by atoms with Crippen LogP contribution in [0.5, 0.6) is 0 Å². The Labute approximate surface area is 87.4 Å². The number of fused-ring (bicyclic) bond motifs is 1. The minimum absolute atomic E-state index is 0.841. The Balaban J connectivity index is 2.05.